The van der Waals surface area contributed by atoms with Crippen molar-refractivity contribution >= 4 is 12.1 Å². The fraction of sp³-hybridized carbons (Fsp3) is 0.0750. The van der Waals surface area contributed by atoms with Gasteiger partial charge in [-0.1, -0.05) is 43.0 Å². The van der Waals surface area contributed by atoms with Gasteiger partial charge in [-0.05, 0) is 49.1 Å². The Morgan fingerprint density at radius 2 is 1.14 bits per heavy atom. The van der Waals surface area contributed by atoms with Crippen LogP contribution in [0.5, 0.6) is 17.2 Å². The topological polar surface area (TPSA) is 144 Å². The number of esters is 1. The Labute approximate surface area is 309 Å². The van der Waals surface area contributed by atoms with Gasteiger partial charge < -0.3 is 34.6 Å². The molecule has 3 aromatic heterocycles. The van der Waals surface area contributed by atoms with Crippen LogP contribution in [0.3, 0.4) is 0 Å². The van der Waals surface area contributed by atoms with Crippen LogP contribution in [0.25, 0.3) is 33.8 Å². The Kier molecular flexibility index (Phi) is 15.7. The predicted molar refractivity (Wildman–Crippen MR) is 188 cm³/mol. The van der Waals surface area contributed by atoms with E-state index in [4.69, 9.17) is 9.47 Å². The maximum absolute atomic E-state index is 11.8. The number of carbonyl (C=O) groups is 2. The third-order valence-electron chi connectivity index (χ3n) is 6.33. The standard InChI is InChI=1S/C18H17N2O4.2C11H8NO.Ir/c1-12(2)17(21)23-13(3)20-18(22)24-15-8-6-7-14(11-15)16-9-4-5-10-19-16;2*13-10-5-3-4-9(8-10)11-6-1-2-7-12-11;/h4-6,8-11,13H,1H2,2-3H3,(H,20,22);2*1-3,5-8,13H;/q3*-1;+3. The second-order valence-electron chi connectivity index (χ2n) is 10.4. The summed E-state index contributed by atoms with van der Waals surface area (Å²) < 4.78 is 10.1. The molecule has 0 aliphatic heterocycles. The zero-order valence-electron chi connectivity index (χ0n) is 27.6. The molecule has 3 N–H and O–H groups in total. The molecule has 6 aromatic rings. The Morgan fingerprint density at radius 3 is 1.53 bits per heavy atom. The quantitative estimate of drug-likeness (QED) is 0.0640. The Hall–Kier alpha value is -6.16. The molecular formula is C40H33IrN4O6. The number of nitrogens with one attached hydrogen (secondary N) is 1. The summed E-state index contributed by atoms with van der Waals surface area (Å²) in [6.07, 6.45) is 3.52. The van der Waals surface area contributed by atoms with Crippen LogP contribution in [0.2, 0.25) is 0 Å². The van der Waals surface area contributed by atoms with Crippen LogP contribution in [0.15, 0.2) is 140 Å². The van der Waals surface area contributed by atoms with E-state index in [-0.39, 0.29) is 37.2 Å². The number of hydrogen-bond donors (Lipinski definition) is 3. The van der Waals surface area contributed by atoms with Gasteiger partial charge in [0.1, 0.15) is 0 Å². The number of aromatic nitrogens is 3. The number of carbonyl (C=O) groups excluding carboxylic acids is 2. The van der Waals surface area contributed by atoms with E-state index >= 15 is 0 Å². The normalized spacial score (nSPS) is 10.3. The summed E-state index contributed by atoms with van der Waals surface area (Å²) >= 11 is 0. The molecule has 0 saturated carbocycles. The van der Waals surface area contributed by atoms with E-state index in [9.17, 15) is 19.8 Å². The molecule has 3 heterocycles. The van der Waals surface area contributed by atoms with Crippen molar-refractivity contribution in [3.63, 3.8) is 0 Å². The zero-order valence-corrected chi connectivity index (χ0v) is 30.0. The average molecular weight is 858 g/mol. The predicted octanol–water partition coefficient (Wildman–Crippen LogP) is 7.61. The fourth-order valence-corrected chi connectivity index (χ4v) is 4.02. The summed E-state index contributed by atoms with van der Waals surface area (Å²) in [6, 6.07) is 40.5. The van der Waals surface area contributed by atoms with Crippen molar-refractivity contribution in [2.24, 2.45) is 0 Å². The summed E-state index contributed by atoms with van der Waals surface area (Å²) in [4.78, 5) is 35.7. The van der Waals surface area contributed by atoms with Crippen molar-refractivity contribution in [2.75, 3.05) is 0 Å². The maximum atomic E-state index is 11.8. The second kappa shape index (κ2) is 20.4. The number of pyridine rings is 3. The molecule has 51 heavy (non-hydrogen) atoms. The van der Waals surface area contributed by atoms with Gasteiger partial charge in [-0.15, -0.1) is 89.5 Å². The van der Waals surface area contributed by atoms with Crippen molar-refractivity contribution in [1.29, 1.82) is 0 Å². The fourth-order valence-electron chi connectivity index (χ4n) is 4.02. The Bertz CT molecular complexity index is 1920. The van der Waals surface area contributed by atoms with Crippen molar-refractivity contribution in [3.8, 4) is 51.0 Å². The molecule has 3 aromatic carbocycles. The average Bonchev–Trinajstić information content (AvgIpc) is 3.13. The van der Waals surface area contributed by atoms with Crippen LogP contribution in [0, 0.1) is 18.2 Å². The van der Waals surface area contributed by atoms with Gasteiger partial charge in [-0.2, -0.15) is 0 Å². The van der Waals surface area contributed by atoms with Gasteiger partial charge in [0.2, 0.25) is 0 Å². The molecule has 0 aliphatic carbocycles. The van der Waals surface area contributed by atoms with Gasteiger partial charge in [0.15, 0.2) is 6.23 Å². The first-order chi connectivity index (χ1) is 24.2. The van der Waals surface area contributed by atoms with E-state index in [0.29, 0.717) is 17.0 Å². The first-order valence-corrected chi connectivity index (χ1v) is 15.2. The van der Waals surface area contributed by atoms with Crippen LogP contribution < -0.4 is 10.1 Å². The number of phenols is 2. The van der Waals surface area contributed by atoms with Crippen LogP contribution >= 0.6 is 0 Å². The van der Waals surface area contributed by atoms with Gasteiger partial charge in [0.25, 0.3) is 0 Å². The molecule has 1 atom stereocenters. The number of benzene rings is 3. The molecule has 10 nitrogen and oxygen atoms in total. The van der Waals surface area contributed by atoms with E-state index in [1.165, 1.54) is 13.8 Å². The molecule has 0 spiro atoms. The van der Waals surface area contributed by atoms with E-state index in [1.54, 1.807) is 73.2 Å². The summed E-state index contributed by atoms with van der Waals surface area (Å²) in [5.41, 5.74) is 4.91. The molecule has 0 aliphatic rings. The van der Waals surface area contributed by atoms with Crippen molar-refractivity contribution in [2.45, 2.75) is 20.1 Å². The monoisotopic (exact) mass is 858 g/mol. The van der Waals surface area contributed by atoms with Crippen molar-refractivity contribution < 1.29 is 49.4 Å². The van der Waals surface area contributed by atoms with Gasteiger partial charge in [-0.3, -0.25) is 5.32 Å². The SMILES string of the molecule is C=C(C)C(=O)OC(C)NC(=O)Oc1cc[c-]c(-c2ccccn2)c1.Oc1cc[c-]c(-c2ccccn2)c1.Oc1cc[c-]c(-c2ccccn2)c1.[Ir+3]. The molecular weight excluding hydrogens is 825 g/mol. The van der Waals surface area contributed by atoms with E-state index in [0.717, 1.165) is 22.5 Å². The summed E-state index contributed by atoms with van der Waals surface area (Å²) in [5.74, 6) is 0.207. The smallest absolute Gasteiger partial charge is 0.527 e. The first-order valence-electron chi connectivity index (χ1n) is 15.2. The van der Waals surface area contributed by atoms with E-state index in [1.807, 2.05) is 54.6 Å². The van der Waals surface area contributed by atoms with Gasteiger partial charge in [0, 0.05) is 35.7 Å². The molecule has 258 valence electrons. The summed E-state index contributed by atoms with van der Waals surface area (Å²) in [7, 11) is 0. The third-order valence-corrected chi connectivity index (χ3v) is 6.33. The molecule has 6 rings (SSSR count). The number of hydrogen-bond acceptors (Lipinski definition) is 9. The molecule has 0 fully saturated rings. The molecule has 0 saturated heterocycles. The summed E-state index contributed by atoms with van der Waals surface area (Å²) in [5, 5.41) is 20.9. The van der Waals surface area contributed by atoms with Gasteiger partial charge >= 0.3 is 32.2 Å². The molecule has 1 amide bonds. The van der Waals surface area contributed by atoms with Crippen molar-refractivity contribution in [3.05, 3.63) is 158 Å². The molecule has 0 bridgehead atoms. The number of aromatic hydroxyl groups is 2. The number of rotatable bonds is 7. The number of amides is 1. The number of nitrogens with zero attached hydrogens (tertiary/aromatic N) is 3. The summed E-state index contributed by atoms with van der Waals surface area (Å²) in [6.45, 7) is 6.50. The Balaban J connectivity index is 0.000000220. The van der Waals surface area contributed by atoms with Crippen LogP contribution in [0.1, 0.15) is 13.8 Å². The number of phenolic OH excluding ortho intramolecular Hbond substituents is 2. The van der Waals surface area contributed by atoms with E-state index in [2.05, 4.69) is 45.0 Å². The molecule has 1 unspecified atom stereocenters. The van der Waals surface area contributed by atoms with E-state index < -0.39 is 18.3 Å². The maximum Gasteiger partial charge on any atom is 3.00 e. The van der Waals surface area contributed by atoms with Crippen LogP contribution in [-0.2, 0) is 29.6 Å². The minimum atomic E-state index is -0.841. The van der Waals surface area contributed by atoms with Crippen LogP contribution in [0.4, 0.5) is 4.79 Å². The largest absolute Gasteiger partial charge is 3.00 e. The van der Waals surface area contributed by atoms with Gasteiger partial charge in [-0.25, -0.2) is 9.59 Å². The molecule has 11 heteroatoms. The second-order valence-corrected chi connectivity index (χ2v) is 10.4. The first kappa shape index (κ1) is 39.3. The van der Waals surface area contributed by atoms with Gasteiger partial charge in [0.05, 0.1) is 5.75 Å². The Morgan fingerprint density at radius 1 is 0.706 bits per heavy atom. The minimum absolute atomic E-state index is 0. The van der Waals surface area contributed by atoms with Crippen LogP contribution in [-0.4, -0.2) is 43.5 Å². The molecule has 0 radical (unpaired) electrons. The minimum Gasteiger partial charge on any atom is -0.527 e. The third kappa shape index (κ3) is 13.3. The van der Waals surface area contributed by atoms with Crippen molar-refractivity contribution in [1.82, 2.24) is 20.3 Å². The zero-order chi connectivity index (χ0) is 35.7. The number of ether oxygens (including phenoxy) is 2.